The highest BCUT2D eigenvalue weighted by molar-refractivity contribution is 5.76. The number of carbonyl (C=O) groups is 1. The number of aliphatic hydroxyl groups is 1. The minimum Gasteiger partial charge on any atom is -0.387 e. The number of hydrogen-bond donors (Lipinski definition) is 2. The van der Waals surface area contributed by atoms with Gasteiger partial charge in [-0.3, -0.25) is 9.69 Å². The lowest BCUT2D eigenvalue weighted by molar-refractivity contribution is -0.122. The van der Waals surface area contributed by atoms with E-state index in [-0.39, 0.29) is 12.5 Å². The molecule has 5 heteroatoms. The number of ether oxygens (including phenoxy) is 1. The summed E-state index contributed by atoms with van der Waals surface area (Å²) in [6.45, 7) is 9.81. The van der Waals surface area contributed by atoms with E-state index in [1.54, 1.807) is 6.92 Å². The fraction of sp³-hybridized carbons (Fsp3) is 0.632. The summed E-state index contributed by atoms with van der Waals surface area (Å²) in [5.74, 6) is -0.0165. The summed E-state index contributed by atoms with van der Waals surface area (Å²) < 4.78 is 5.31. The SMILES string of the molecule is Cc1ccc(CCC(=O)NCC(C)(O)CN2CCOCC2)c(C)c1. The van der Waals surface area contributed by atoms with Gasteiger partial charge in [0.1, 0.15) is 0 Å². The van der Waals surface area contributed by atoms with Gasteiger partial charge in [-0.2, -0.15) is 0 Å². The van der Waals surface area contributed by atoms with Crippen LogP contribution in [0.1, 0.15) is 30.0 Å². The molecule has 2 rings (SSSR count). The maximum Gasteiger partial charge on any atom is 0.220 e. The first kappa shape index (κ1) is 18.9. The van der Waals surface area contributed by atoms with Crippen LogP contribution in [0.15, 0.2) is 18.2 Å². The van der Waals surface area contributed by atoms with E-state index in [2.05, 4.69) is 42.3 Å². The third-order valence-electron chi connectivity index (χ3n) is 4.45. The van der Waals surface area contributed by atoms with Crippen molar-refractivity contribution in [3.05, 3.63) is 34.9 Å². The Kier molecular flexibility index (Phi) is 6.78. The summed E-state index contributed by atoms with van der Waals surface area (Å²) in [5, 5.41) is 13.3. The molecule has 2 N–H and O–H groups in total. The van der Waals surface area contributed by atoms with Crippen molar-refractivity contribution in [2.75, 3.05) is 39.4 Å². The predicted octanol–water partition coefficient (Wildman–Crippen LogP) is 1.44. The summed E-state index contributed by atoms with van der Waals surface area (Å²) in [5.41, 5.74) is 2.74. The van der Waals surface area contributed by atoms with Gasteiger partial charge >= 0.3 is 0 Å². The molecule has 0 saturated carbocycles. The second-order valence-corrected chi connectivity index (χ2v) is 7.09. The van der Waals surface area contributed by atoms with Gasteiger partial charge in [-0.05, 0) is 38.3 Å². The molecular formula is C19H30N2O3. The number of benzene rings is 1. The van der Waals surface area contributed by atoms with Gasteiger partial charge in [0.05, 0.1) is 18.8 Å². The highest BCUT2D eigenvalue weighted by Crippen LogP contribution is 2.13. The fourth-order valence-corrected chi connectivity index (χ4v) is 3.05. The molecule has 1 fully saturated rings. The molecule has 1 aliphatic rings. The molecule has 1 aromatic carbocycles. The highest BCUT2D eigenvalue weighted by Gasteiger charge is 2.25. The van der Waals surface area contributed by atoms with Crippen LogP contribution in [0.3, 0.4) is 0 Å². The van der Waals surface area contributed by atoms with E-state index in [0.717, 1.165) is 19.5 Å². The van der Waals surface area contributed by atoms with Gasteiger partial charge in [-0.15, -0.1) is 0 Å². The second-order valence-electron chi connectivity index (χ2n) is 7.09. The van der Waals surface area contributed by atoms with Crippen LogP contribution in [0, 0.1) is 13.8 Å². The minimum absolute atomic E-state index is 0.0165. The van der Waals surface area contributed by atoms with Gasteiger partial charge in [0.2, 0.25) is 5.91 Å². The van der Waals surface area contributed by atoms with E-state index in [4.69, 9.17) is 4.74 Å². The number of morpholine rings is 1. The zero-order valence-corrected chi connectivity index (χ0v) is 15.1. The lowest BCUT2D eigenvalue weighted by Crippen LogP contribution is -2.51. The lowest BCUT2D eigenvalue weighted by atomic mass is 10.0. The predicted molar refractivity (Wildman–Crippen MR) is 95.1 cm³/mol. The van der Waals surface area contributed by atoms with E-state index in [0.29, 0.717) is 26.2 Å². The number of nitrogens with zero attached hydrogens (tertiary/aromatic N) is 1. The van der Waals surface area contributed by atoms with Gasteiger partial charge in [0.25, 0.3) is 0 Å². The summed E-state index contributed by atoms with van der Waals surface area (Å²) in [6, 6.07) is 6.31. The molecule has 1 saturated heterocycles. The Morgan fingerprint density at radius 1 is 1.33 bits per heavy atom. The van der Waals surface area contributed by atoms with Crippen molar-refractivity contribution in [3.8, 4) is 0 Å². The Morgan fingerprint density at radius 2 is 2.04 bits per heavy atom. The normalized spacial score (nSPS) is 18.2. The maximum absolute atomic E-state index is 12.1. The monoisotopic (exact) mass is 334 g/mol. The molecule has 0 radical (unpaired) electrons. The summed E-state index contributed by atoms with van der Waals surface area (Å²) >= 11 is 0. The first-order valence-corrected chi connectivity index (χ1v) is 8.71. The molecule has 134 valence electrons. The van der Waals surface area contributed by atoms with Crippen molar-refractivity contribution < 1.29 is 14.6 Å². The Bertz CT molecular complexity index is 552. The topological polar surface area (TPSA) is 61.8 Å². The van der Waals surface area contributed by atoms with Gasteiger partial charge in [-0.25, -0.2) is 0 Å². The average Bonchev–Trinajstić information content (AvgIpc) is 2.53. The van der Waals surface area contributed by atoms with Crippen LogP contribution in [0.4, 0.5) is 0 Å². The quantitative estimate of drug-likeness (QED) is 0.792. The molecule has 5 nitrogen and oxygen atoms in total. The number of aryl methyl sites for hydroxylation is 3. The van der Waals surface area contributed by atoms with E-state index < -0.39 is 5.60 Å². The average molecular weight is 334 g/mol. The van der Waals surface area contributed by atoms with Gasteiger partial charge in [0, 0.05) is 32.6 Å². The Labute approximate surface area is 145 Å². The number of rotatable bonds is 7. The van der Waals surface area contributed by atoms with Gasteiger partial charge in [-0.1, -0.05) is 23.8 Å². The van der Waals surface area contributed by atoms with Crippen LogP contribution in [0.5, 0.6) is 0 Å². The summed E-state index contributed by atoms with van der Waals surface area (Å²) in [6.07, 6.45) is 1.17. The molecule has 0 bridgehead atoms. The Morgan fingerprint density at radius 3 is 2.71 bits per heavy atom. The van der Waals surface area contributed by atoms with E-state index >= 15 is 0 Å². The van der Waals surface area contributed by atoms with Crippen molar-refractivity contribution in [2.45, 2.75) is 39.2 Å². The van der Waals surface area contributed by atoms with Crippen molar-refractivity contribution in [1.29, 1.82) is 0 Å². The largest absolute Gasteiger partial charge is 0.387 e. The number of amides is 1. The third kappa shape index (κ3) is 6.23. The minimum atomic E-state index is -0.924. The first-order chi connectivity index (χ1) is 11.4. The van der Waals surface area contributed by atoms with Crippen LogP contribution >= 0.6 is 0 Å². The van der Waals surface area contributed by atoms with Crippen LogP contribution in [-0.2, 0) is 16.0 Å². The smallest absolute Gasteiger partial charge is 0.220 e. The van der Waals surface area contributed by atoms with Crippen molar-refractivity contribution >= 4 is 5.91 Å². The van der Waals surface area contributed by atoms with Crippen LogP contribution < -0.4 is 5.32 Å². The number of nitrogens with one attached hydrogen (secondary N) is 1. The van der Waals surface area contributed by atoms with Crippen LogP contribution in [0.2, 0.25) is 0 Å². The molecule has 1 unspecified atom stereocenters. The summed E-state index contributed by atoms with van der Waals surface area (Å²) in [4.78, 5) is 14.2. The van der Waals surface area contributed by atoms with Gasteiger partial charge < -0.3 is 15.2 Å². The van der Waals surface area contributed by atoms with Crippen LogP contribution in [-0.4, -0.2) is 60.9 Å². The molecule has 1 amide bonds. The Balaban J connectivity index is 1.73. The first-order valence-electron chi connectivity index (χ1n) is 8.71. The molecule has 1 aromatic rings. The standard InChI is InChI=1S/C19H30N2O3/c1-15-4-5-17(16(2)12-15)6-7-18(22)20-13-19(3,23)14-21-8-10-24-11-9-21/h4-5,12,23H,6-11,13-14H2,1-3H3,(H,20,22). The van der Waals surface area contributed by atoms with E-state index in [1.165, 1.54) is 16.7 Å². The molecule has 0 aliphatic carbocycles. The third-order valence-corrected chi connectivity index (χ3v) is 4.45. The number of carbonyl (C=O) groups excluding carboxylic acids is 1. The lowest BCUT2D eigenvalue weighted by Gasteiger charge is -2.33. The highest BCUT2D eigenvalue weighted by atomic mass is 16.5. The molecule has 1 aliphatic heterocycles. The number of β-amino-alcohol motifs (C(OH)–C–C–N with tert-alkyl or cyclic N) is 1. The molecular weight excluding hydrogens is 304 g/mol. The Hall–Kier alpha value is -1.43. The molecule has 1 heterocycles. The van der Waals surface area contributed by atoms with Crippen molar-refractivity contribution in [1.82, 2.24) is 10.2 Å². The van der Waals surface area contributed by atoms with Crippen LogP contribution in [0.25, 0.3) is 0 Å². The zero-order valence-electron chi connectivity index (χ0n) is 15.1. The molecule has 24 heavy (non-hydrogen) atoms. The fourth-order valence-electron chi connectivity index (χ4n) is 3.05. The van der Waals surface area contributed by atoms with Gasteiger partial charge in [0.15, 0.2) is 0 Å². The second kappa shape index (κ2) is 8.60. The van der Waals surface area contributed by atoms with E-state index in [9.17, 15) is 9.90 Å². The zero-order chi connectivity index (χ0) is 17.6. The molecule has 1 atom stereocenters. The van der Waals surface area contributed by atoms with Crippen molar-refractivity contribution in [3.63, 3.8) is 0 Å². The number of hydrogen-bond acceptors (Lipinski definition) is 4. The van der Waals surface area contributed by atoms with E-state index in [1.807, 2.05) is 0 Å². The molecule has 0 spiro atoms. The molecule has 0 aromatic heterocycles. The summed E-state index contributed by atoms with van der Waals surface area (Å²) in [7, 11) is 0. The maximum atomic E-state index is 12.1. The van der Waals surface area contributed by atoms with Crippen molar-refractivity contribution in [2.24, 2.45) is 0 Å².